The van der Waals surface area contributed by atoms with Gasteiger partial charge in [-0.2, -0.15) is 0 Å². The summed E-state index contributed by atoms with van der Waals surface area (Å²) in [4.78, 5) is 16.1. The van der Waals surface area contributed by atoms with Gasteiger partial charge in [0, 0.05) is 35.8 Å². The van der Waals surface area contributed by atoms with Gasteiger partial charge in [-0.25, -0.2) is 8.78 Å². The number of methoxy groups -OCH3 is 1. The number of anilines is 1. The van der Waals surface area contributed by atoms with Crippen LogP contribution >= 0.6 is 0 Å². The number of rotatable bonds is 5. The fraction of sp³-hybridized carbons (Fsp3) is 0.100. The second-order valence-corrected chi connectivity index (χ2v) is 5.61. The summed E-state index contributed by atoms with van der Waals surface area (Å²) in [6, 6.07) is 12.1. The molecule has 0 spiro atoms. The van der Waals surface area contributed by atoms with Gasteiger partial charge in [-0.05, 0) is 41.5 Å². The predicted molar refractivity (Wildman–Crippen MR) is 94.9 cm³/mol. The van der Waals surface area contributed by atoms with E-state index in [0.29, 0.717) is 11.4 Å². The number of carbonyl (C=O) groups is 1. The van der Waals surface area contributed by atoms with Crippen LogP contribution in [0.2, 0.25) is 0 Å². The van der Waals surface area contributed by atoms with Crippen molar-refractivity contribution in [2.75, 3.05) is 12.4 Å². The number of benzene rings is 2. The number of amides is 1. The molecule has 0 atom stereocenters. The van der Waals surface area contributed by atoms with Crippen LogP contribution in [0.1, 0.15) is 5.56 Å². The van der Waals surface area contributed by atoms with Gasteiger partial charge < -0.3 is 10.1 Å². The Morgan fingerprint density at radius 3 is 2.54 bits per heavy atom. The quantitative estimate of drug-likeness (QED) is 0.746. The molecule has 0 unspecified atom stereocenters. The molecular formula is C20H16F2N2O2. The number of aromatic nitrogens is 1. The zero-order chi connectivity index (χ0) is 18.5. The summed E-state index contributed by atoms with van der Waals surface area (Å²) < 4.78 is 32.0. The molecule has 26 heavy (non-hydrogen) atoms. The first kappa shape index (κ1) is 17.5. The standard InChI is InChI=1S/C20H16F2N2O2/c1-26-19-12-16(4-5-17(19)13-6-8-23-9-7-13)24-20(25)10-14-2-3-15(21)11-18(14)22/h2-9,11-12H,10H2,1H3,(H,24,25). The van der Waals surface area contributed by atoms with Crippen LogP contribution in [0.4, 0.5) is 14.5 Å². The molecule has 3 rings (SSSR count). The largest absolute Gasteiger partial charge is 0.496 e. The molecule has 0 aliphatic heterocycles. The first-order valence-electron chi connectivity index (χ1n) is 7.89. The Balaban J connectivity index is 1.76. The van der Waals surface area contributed by atoms with E-state index < -0.39 is 17.5 Å². The Morgan fingerprint density at radius 1 is 1.08 bits per heavy atom. The number of nitrogens with one attached hydrogen (secondary N) is 1. The minimum absolute atomic E-state index is 0.129. The van der Waals surface area contributed by atoms with E-state index in [4.69, 9.17) is 4.74 Å². The highest BCUT2D eigenvalue weighted by atomic mass is 19.1. The Kier molecular flexibility index (Phi) is 5.22. The van der Waals surface area contributed by atoms with E-state index in [1.165, 1.54) is 6.07 Å². The summed E-state index contributed by atoms with van der Waals surface area (Å²) >= 11 is 0. The van der Waals surface area contributed by atoms with Crippen LogP contribution in [0.15, 0.2) is 60.9 Å². The van der Waals surface area contributed by atoms with Crippen LogP contribution in [0.3, 0.4) is 0 Å². The summed E-state index contributed by atoms with van der Waals surface area (Å²) in [7, 11) is 1.54. The number of halogens is 2. The topological polar surface area (TPSA) is 51.2 Å². The molecule has 1 aromatic heterocycles. The molecule has 0 bridgehead atoms. The Bertz CT molecular complexity index is 930. The maximum absolute atomic E-state index is 13.7. The van der Waals surface area contributed by atoms with Crippen LogP contribution in [0, 0.1) is 11.6 Å². The number of hydrogen-bond donors (Lipinski definition) is 1. The lowest BCUT2D eigenvalue weighted by Crippen LogP contribution is -2.15. The third-order valence-corrected chi connectivity index (χ3v) is 3.84. The van der Waals surface area contributed by atoms with Crippen molar-refractivity contribution >= 4 is 11.6 Å². The highest BCUT2D eigenvalue weighted by Gasteiger charge is 2.12. The molecule has 1 N–H and O–H groups in total. The molecule has 132 valence electrons. The maximum Gasteiger partial charge on any atom is 0.228 e. The molecule has 3 aromatic rings. The maximum atomic E-state index is 13.7. The molecule has 0 aliphatic rings. The SMILES string of the molecule is COc1cc(NC(=O)Cc2ccc(F)cc2F)ccc1-c1ccncc1. The van der Waals surface area contributed by atoms with Crippen molar-refractivity contribution in [3.05, 3.63) is 78.1 Å². The van der Waals surface area contributed by atoms with Gasteiger partial charge in [0.1, 0.15) is 17.4 Å². The van der Waals surface area contributed by atoms with Crippen molar-refractivity contribution < 1.29 is 18.3 Å². The zero-order valence-electron chi connectivity index (χ0n) is 14.0. The summed E-state index contributed by atoms with van der Waals surface area (Å²) in [6.07, 6.45) is 3.17. The van der Waals surface area contributed by atoms with Crippen LogP contribution < -0.4 is 10.1 Å². The van der Waals surface area contributed by atoms with Gasteiger partial charge in [0.25, 0.3) is 0 Å². The summed E-state index contributed by atoms with van der Waals surface area (Å²) in [5, 5.41) is 2.69. The normalized spacial score (nSPS) is 10.4. The number of nitrogens with zero attached hydrogens (tertiary/aromatic N) is 1. The van der Waals surface area contributed by atoms with Crippen molar-refractivity contribution in [2.24, 2.45) is 0 Å². The van der Waals surface area contributed by atoms with Gasteiger partial charge in [-0.3, -0.25) is 9.78 Å². The van der Waals surface area contributed by atoms with E-state index in [2.05, 4.69) is 10.3 Å². The minimum atomic E-state index is -0.745. The molecule has 0 aliphatic carbocycles. The second-order valence-electron chi connectivity index (χ2n) is 5.61. The van der Waals surface area contributed by atoms with E-state index >= 15 is 0 Å². The van der Waals surface area contributed by atoms with Gasteiger partial charge in [0.15, 0.2) is 0 Å². The molecule has 0 fully saturated rings. The van der Waals surface area contributed by atoms with E-state index in [0.717, 1.165) is 23.3 Å². The van der Waals surface area contributed by atoms with Gasteiger partial charge in [-0.15, -0.1) is 0 Å². The summed E-state index contributed by atoms with van der Waals surface area (Å²) in [5.74, 6) is -1.25. The van der Waals surface area contributed by atoms with Crippen LogP contribution in [-0.2, 0) is 11.2 Å². The van der Waals surface area contributed by atoms with E-state index in [1.807, 2.05) is 18.2 Å². The predicted octanol–water partition coefficient (Wildman–Crippen LogP) is 4.22. The zero-order valence-corrected chi connectivity index (χ0v) is 14.0. The number of pyridine rings is 1. The average Bonchev–Trinajstić information content (AvgIpc) is 2.64. The molecule has 0 radical (unpaired) electrons. The van der Waals surface area contributed by atoms with Crippen molar-refractivity contribution in [1.29, 1.82) is 0 Å². The number of hydrogen-bond acceptors (Lipinski definition) is 3. The second kappa shape index (κ2) is 7.74. The smallest absolute Gasteiger partial charge is 0.228 e. The van der Waals surface area contributed by atoms with Gasteiger partial charge in [0.2, 0.25) is 5.91 Å². The Morgan fingerprint density at radius 2 is 1.85 bits per heavy atom. The van der Waals surface area contributed by atoms with Crippen LogP contribution in [0.25, 0.3) is 11.1 Å². The van der Waals surface area contributed by atoms with Gasteiger partial charge in [-0.1, -0.05) is 6.07 Å². The fourth-order valence-corrected chi connectivity index (χ4v) is 2.58. The number of ether oxygens (including phenoxy) is 1. The fourth-order valence-electron chi connectivity index (χ4n) is 2.58. The Hall–Kier alpha value is -3.28. The first-order valence-corrected chi connectivity index (χ1v) is 7.89. The average molecular weight is 354 g/mol. The van der Waals surface area contributed by atoms with Crippen molar-refractivity contribution in [3.63, 3.8) is 0 Å². The lowest BCUT2D eigenvalue weighted by atomic mass is 10.1. The van der Waals surface area contributed by atoms with Gasteiger partial charge in [0.05, 0.1) is 13.5 Å². The van der Waals surface area contributed by atoms with E-state index in [1.54, 1.807) is 31.6 Å². The molecule has 2 aromatic carbocycles. The van der Waals surface area contributed by atoms with Gasteiger partial charge >= 0.3 is 0 Å². The minimum Gasteiger partial charge on any atom is -0.496 e. The summed E-state index contributed by atoms with van der Waals surface area (Å²) in [5.41, 5.74) is 2.44. The van der Waals surface area contributed by atoms with Crippen molar-refractivity contribution in [1.82, 2.24) is 4.98 Å². The van der Waals surface area contributed by atoms with Crippen LogP contribution in [0.5, 0.6) is 5.75 Å². The Labute approximate surface area is 149 Å². The van der Waals surface area contributed by atoms with Crippen molar-refractivity contribution in [2.45, 2.75) is 6.42 Å². The van der Waals surface area contributed by atoms with Crippen molar-refractivity contribution in [3.8, 4) is 16.9 Å². The lowest BCUT2D eigenvalue weighted by molar-refractivity contribution is -0.115. The summed E-state index contributed by atoms with van der Waals surface area (Å²) in [6.45, 7) is 0. The molecule has 0 saturated carbocycles. The highest BCUT2D eigenvalue weighted by Crippen LogP contribution is 2.32. The first-order chi connectivity index (χ1) is 12.6. The highest BCUT2D eigenvalue weighted by molar-refractivity contribution is 5.93. The van der Waals surface area contributed by atoms with Crippen LogP contribution in [-0.4, -0.2) is 18.0 Å². The monoisotopic (exact) mass is 354 g/mol. The molecule has 4 nitrogen and oxygen atoms in total. The third-order valence-electron chi connectivity index (χ3n) is 3.84. The van der Waals surface area contributed by atoms with E-state index in [-0.39, 0.29) is 12.0 Å². The molecule has 6 heteroatoms. The third kappa shape index (κ3) is 4.03. The molecule has 1 amide bonds. The molecular weight excluding hydrogens is 338 g/mol. The van der Waals surface area contributed by atoms with E-state index in [9.17, 15) is 13.6 Å². The number of carbonyl (C=O) groups excluding carboxylic acids is 1. The molecule has 1 heterocycles. The molecule has 0 saturated heterocycles. The lowest BCUT2D eigenvalue weighted by Gasteiger charge is -2.12.